The Hall–Kier alpha value is -1.75. The highest BCUT2D eigenvalue weighted by atomic mass is 16.5. The van der Waals surface area contributed by atoms with E-state index in [0.717, 1.165) is 5.56 Å². The van der Waals surface area contributed by atoms with Crippen LogP contribution in [-0.2, 0) is 0 Å². The first-order valence-electron chi connectivity index (χ1n) is 7.78. The first kappa shape index (κ1) is 18.3. The minimum absolute atomic E-state index is 0.0776. The van der Waals surface area contributed by atoms with Crippen molar-refractivity contribution >= 4 is 6.03 Å². The van der Waals surface area contributed by atoms with Crippen molar-refractivity contribution in [3.63, 3.8) is 0 Å². The van der Waals surface area contributed by atoms with Crippen LogP contribution < -0.4 is 15.4 Å². The average Bonchev–Trinajstić information content (AvgIpc) is 2.44. The SMILES string of the molecule is CC(C)Oc1cccc(C(O)CNC(=O)NC(C)C(C)C)c1. The number of benzene rings is 1. The van der Waals surface area contributed by atoms with E-state index in [1.807, 2.05) is 52.8 Å². The molecular weight excluding hydrogens is 280 g/mol. The maximum Gasteiger partial charge on any atom is 0.315 e. The Labute approximate surface area is 133 Å². The predicted molar refractivity (Wildman–Crippen MR) is 88.0 cm³/mol. The van der Waals surface area contributed by atoms with Crippen molar-refractivity contribution in [2.24, 2.45) is 5.92 Å². The van der Waals surface area contributed by atoms with Crippen LogP contribution in [0.3, 0.4) is 0 Å². The first-order chi connectivity index (χ1) is 10.3. The van der Waals surface area contributed by atoms with Gasteiger partial charge in [-0.25, -0.2) is 4.79 Å². The Kier molecular flexibility index (Phi) is 7.18. The Morgan fingerprint density at radius 3 is 2.50 bits per heavy atom. The molecule has 0 saturated heterocycles. The summed E-state index contributed by atoms with van der Waals surface area (Å²) in [6, 6.07) is 7.10. The number of hydrogen-bond donors (Lipinski definition) is 3. The summed E-state index contributed by atoms with van der Waals surface area (Å²) in [6.07, 6.45) is -0.690. The van der Waals surface area contributed by atoms with Crippen LogP contribution in [0, 0.1) is 5.92 Å². The van der Waals surface area contributed by atoms with E-state index in [0.29, 0.717) is 11.7 Å². The van der Waals surface area contributed by atoms with Gasteiger partial charge in [0.1, 0.15) is 5.75 Å². The fraction of sp³-hybridized carbons (Fsp3) is 0.588. The maximum atomic E-state index is 11.7. The summed E-state index contributed by atoms with van der Waals surface area (Å²) in [5, 5.41) is 15.7. The lowest BCUT2D eigenvalue weighted by Crippen LogP contribution is -2.44. The van der Waals surface area contributed by atoms with Crippen molar-refractivity contribution in [2.45, 2.75) is 52.9 Å². The predicted octanol–water partition coefficient (Wildman–Crippen LogP) is 2.85. The number of aliphatic hydroxyl groups is 1. The lowest BCUT2D eigenvalue weighted by molar-refractivity contribution is 0.171. The fourth-order valence-electron chi connectivity index (χ4n) is 1.80. The summed E-state index contributed by atoms with van der Waals surface area (Å²) < 4.78 is 5.60. The Morgan fingerprint density at radius 1 is 1.23 bits per heavy atom. The molecule has 2 unspecified atom stereocenters. The van der Waals surface area contributed by atoms with E-state index in [1.165, 1.54) is 0 Å². The molecule has 124 valence electrons. The van der Waals surface area contributed by atoms with Gasteiger partial charge in [-0.15, -0.1) is 0 Å². The normalized spacial score (nSPS) is 13.8. The molecule has 0 aliphatic rings. The van der Waals surface area contributed by atoms with Crippen molar-refractivity contribution < 1.29 is 14.6 Å². The smallest absolute Gasteiger partial charge is 0.315 e. The summed E-state index contributed by atoms with van der Waals surface area (Å²) in [5.41, 5.74) is 0.718. The van der Waals surface area contributed by atoms with Crippen molar-refractivity contribution in [3.05, 3.63) is 29.8 Å². The molecule has 0 saturated carbocycles. The van der Waals surface area contributed by atoms with Gasteiger partial charge in [-0.1, -0.05) is 26.0 Å². The molecule has 0 heterocycles. The van der Waals surface area contributed by atoms with Crippen molar-refractivity contribution in [1.82, 2.24) is 10.6 Å². The zero-order valence-corrected chi connectivity index (χ0v) is 14.1. The van der Waals surface area contributed by atoms with E-state index in [2.05, 4.69) is 10.6 Å². The second-order valence-corrected chi connectivity index (χ2v) is 6.14. The molecule has 0 aromatic heterocycles. The van der Waals surface area contributed by atoms with Gasteiger partial charge in [0.15, 0.2) is 0 Å². The minimum Gasteiger partial charge on any atom is -0.491 e. The molecule has 2 amide bonds. The van der Waals surface area contributed by atoms with Crippen molar-refractivity contribution in [3.8, 4) is 5.75 Å². The summed E-state index contributed by atoms with van der Waals surface area (Å²) in [4.78, 5) is 11.7. The Morgan fingerprint density at radius 2 is 1.91 bits per heavy atom. The summed E-state index contributed by atoms with van der Waals surface area (Å²) in [6.45, 7) is 10.1. The molecule has 0 spiro atoms. The standard InChI is InChI=1S/C17H28N2O3/c1-11(2)13(5)19-17(21)18-10-16(20)14-7-6-8-15(9-14)22-12(3)4/h6-9,11-13,16,20H,10H2,1-5H3,(H2,18,19,21). The molecule has 5 nitrogen and oxygen atoms in total. The van der Waals surface area contributed by atoms with Crippen molar-refractivity contribution in [2.75, 3.05) is 6.54 Å². The number of amides is 2. The van der Waals surface area contributed by atoms with E-state index >= 15 is 0 Å². The summed E-state index contributed by atoms with van der Waals surface area (Å²) in [7, 11) is 0. The lowest BCUT2D eigenvalue weighted by atomic mass is 10.1. The van der Waals surface area contributed by atoms with Gasteiger partial charge in [-0.05, 0) is 44.4 Å². The topological polar surface area (TPSA) is 70.6 Å². The van der Waals surface area contributed by atoms with Gasteiger partial charge >= 0.3 is 6.03 Å². The van der Waals surface area contributed by atoms with Gasteiger partial charge in [0, 0.05) is 12.6 Å². The first-order valence-corrected chi connectivity index (χ1v) is 7.78. The molecule has 1 rings (SSSR count). The minimum atomic E-state index is -0.768. The number of carbonyl (C=O) groups is 1. The van der Waals surface area contributed by atoms with Crippen LogP contribution in [0.25, 0.3) is 0 Å². The van der Waals surface area contributed by atoms with Gasteiger partial charge in [0.25, 0.3) is 0 Å². The third-order valence-electron chi connectivity index (χ3n) is 3.43. The molecule has 0 aliphatic carbocycles. The van der Waals surface area contributed by atoms with Gasteiger partial charge < -0.3 is 20.5 Å². The number of urea groups is 1. The monoisotopic (exact) mass is 308 g/mol. The number of nitrogens with one attached hydrogen (secondary N) is 2. The molecule has 0 bridgehead atoms. The number of rotatable bonds is 7. The second-order valence-electron chi connectivity index (χ2n) is 6.14. The molecule has 1 aromatic carbocycles. The van der Waals surface area contributed by atoms with Crippen LogP contribution in [0.2, 0.25) is 0 Å². The van der Waals surface area contributed by atoms with E-state index in [1.54, 1.807) is 6.07 Å². The molecule has 0 fully saturated rings. The van der Waals surface area contributed by atoms with E-state index < -0.39 is 6.10 Å². The maximum absolute atomic E-state index is 11.7. The number of aliphatic hydroxyl groups excluding tert-OH is 1. The van der Waals surface area contributed by atoms with Crippen molar-refractivity contribution in [1.29, 1.82) is 0 Å². The van der Waals surface area contributed by atoms with E-state index in [9.17, 15) is 9.90 Å². The average molecular weight is 308 g/mol. The third kappa shape index (κ3) is 6.35. The second kappa shape index (κ2) is 8.63. The highest BCUT2D eigenvalue weighted by molar-refractivity contribution is 5.74. The lowest BCUT2D eigenvalue weighted by Gasteiger charge is -2.19. The number of carbonyl (C=O) groups excluding carboxylic acids is 1. The Bertz CT molecular complexity index is 475. The molecule has 1 aromatic rings. The number of ether oxygens (including phenoxy) is 1. The Balaban J connectivity index is 2.51. The van der Waals surface area contributed by atoms with Crippen LogP contribution in [-0.4, -0.2) is 29.8 Å². The van der Waals surface area contributed by atoms with Gasteiger partial charge in [0.2, 0.25) is 0 Å². The van der Waals surface area contributed by atoms with Gasteiger partial charge in [0.05, 0.1) is 12.2 Å². The van der Waals surface area contributed by atoms with Crippen LogP contribution >= 0.6 is 0 Å². The van der Waals surface area contributed by atoms with Crippen LogP contribution in [0.5, 0.6) is 5.75 Å². The molecule has 2 atom stereocenters. The molecule has 0 radical (unpaired) electrons. The fourth-order valence-corrected chi connectivity index (χ4v) is 1.80. The molecule has 0 aliphatic heterocycles. The van der Waals surface area contributed by atoms with Gasteiger partial charge in [-0.3, -0.25) is 0 Å². The molecule has 5 heteroatoms. The number of hydrogen-bond acceptors (Lipinski definition) is 3. The largest absolute Gasteiger partial charge is 0.491 e. The zero-order valence-electron chi connectivity index (χ0n) is 14.1. The third-order valence-corrected chi connectivity index (χ3v) is 3.43. The van der Waals surface area contributed by atoms with E-state index in [4.69, 9.17) is 4.74 Å². The summed E-state index contributed by atoms with van der Waals surface area (Å²) in [5.74, 6) is 1.07. The highest BCUT2D eigenvalue weighted by Gasteiger charge is 2.13. The van der Waals surface area contributed by atoms with Crippen LogP contribution in [0.1, 0.15) is 46.3 Å². The highest BCUT2D eigenvalue weighted by Crippen LogP contribution is 2.19. The molecular formula is C17H28N2O3. The van der Waals surface area contributed by atoms with E-state index in [-0.39, 0.29) is 24.7 Å². The molecule has 3 N–H and O–H groups in total. The van der Waals surface area contributed by atoms with Crippen LogP contribution in [0.4, 0.5) is 4.79 Å². The van der Waals surface area contributed by atoms with Gasteiger partial charge in [-0.2, -0.15) is 0 Å². The molecule has 22 heavy (non-hydrogen) atoms. The zero-order chi connectivity index (χ0) is 16.7. The quantitative estimate of drug-likeness (QED) is 0.725. The summed E-state index contributed by atoms with van der Waals surface area (Å²) >= 11 is 0. The van der Waals surface area contributed by atoms with Crippen LogP contribution in [0.15, 0.2) is 24.3 Å².